The molecule has 0 aliphatic carbocycles. The molecule has 0 heterocycles. The van der Waals surface area contributed by atoms with E-state index in [2.05, 4.69) is 21.2 Å². The second kappa shape index (κ2) is 7.27. The topological polar surface area (TPSA) is 72.2 Å². The third-order valence-corrected chi connectivity index (χ3v) is 4.13. The lowest BCUT2D eigenvalue weighted by Gasteiger charge is -2.07. The van der Waals surface area contributed by atoms with Crippen molar-refractivity contribution in [3.05, 3.63) is 92.9 Å². The Kier molecular flexibility index (Phi) is 4.90. The van der Waals surface area contributed by atoms with Crippen molar-refractivity contribution in [2.75, 3.05) is 5.32 Å². The summed E-state index contributed by atoms with van der Waals surface area (Å²) in [5, 5.41) is 13.5. The van der Waals surface area contributed by atoms with Crippen molar-refractivity contribution in [3.63, 3.8) is 0 Å². The Morgan fingerprint density at radius 1 is 0.920 bits per heavy atom. The Morgan fingerprint density at radius 2 is 1.52 bits per heavy atom. The Balaban J connectivity index is 1.73. The minimum Gasteiger partial charge on any atom is -0.322 e. The molecule has 0 fully saturated rings. The number of nitro benzene ring substituents is 1. The molecule has 5 nitrogen and oxygen atoms in total. The van der Waals surface area contributed by atoms with Gasteiger partial charge in [0.2, 0.25) is 0 Å². The number of amides is 1. The molecule has 0 aromatic heterocycles. The first-order valence-corrected chi connectivity index (χ1v) is 8.24. The molecular formula is C19H13BrN2O3. The van der Waals surface area contributed by atoms with Crippen molar-refractivity contribution in [1.29, 1.82) is 0 Å². The van der Waals surface area contributed by atoms with Gasteiger partial charge in [-0.25, -0.2) is 0 Å². The van der Waals surface area contributed by atoms with Gasteiger partial charge in [-0.1, -0.05) is 34.1 Å². The van der Waals surface area contributed by atoms with Gasteiger partial charge in [0.15, 0.2) is 0 Å². The van der Waals surface area contributed by atoms with E-state index < -0.39 is 4.92 Å². The van der Waals surface area contributed by atoms with Crippen LogP contribution in [0.5, 0.6) is 0 Å². The van der Waals surface area contributed by atoms with Gasteiger partial charge in [0, 0.05) is 27.9 Å². The van der Waals surface area contributed by atoms with Gasteiger partial charge in [0.05, 0.1) is 4.92 Å². The number of halogens is 1. The van der Waals surface area contributed by atoms with Crippen LogP contribution in [0.3, 0.4) is 0 Å². The van der Waals surface area contributed by atoms with E-state index in [1.807, 2.05) is 18.2 Å². The average Bonchev–Trinajstić information content (AvgIpc) is 2.62. The number of nitrogens with zero attached hydrogens (tertiary/aromatic N) is 1. The predicted octanol–water partition coefficient (Wildman–Crippen LogP) is 5.28. The van der Waals surface area contributed by atoms with E-state index in [0.717, 1.165) is 15.6 Å². The minimum atomic E-state index is -0.426. The zero-order chi connectivity index (χ0) is 17.8. The van der Waals surface area contributed by atoms with Crippen LogP contribution < -0.4 is 5.32 Å². The van der Waals surface area contributed by atoms with Crippen LogP contribution in [0, 0.1) is 10.1 Å². The Morgan fingerprint density at radius 3 is 2.08 bits per heavy atom. The smallest absolute Gasteiger partial charge is 0.269 e. The number of rotatable bonds is 4. The monoisotopic (exact) mass is 396 g/mol. The number of carbonyl (C=O) groups excluding carboxylic acids is 1. The average molecular weight is 397 g/mol. The van der Waals surface area contributed by atoms with Crippen LogP contribution in [0.4, 0.5) is 11.4 Å². The Bertz CT molecular complexity index is 922. The van der Waals surface area contributed by atoms with Crippen LogP contribution >= 0.6 is 15.9 Å². The number of nitro groups is 1. The highest BCUT2D eigenvalue weighted by atomic mass is 79.9. The summed E-state index contributed by atoms with van der Waals surface area (Å²) in [4.78, 5) is 22.5. The molecule has 0 bridgehead atoms. The lowest BCUT2D eigenvalue weighted by molar-refractivity contribution is -0.384. The van der Waals surface area contributed by atoms with Gasteiger partial charge in [0.1, 0.15) is 0 Å². The van der Waals surface area contributed by atoms with E-state index in [1.165, 1.54) is 12.1 Å². The fourth-order valence-corrected chi connectivity index (χ4v) is 2.75. The highest BCUT2D eigenvalue weighted by Gasteiger charge is 2.08. The van der Waals surface area contributed by atoms with E-state index in [1.54, 1.807) is 42.5 Å². The molecule has 0 saturated carbocycles. The molecule has 0 atom stereocenters. The molecule has 1 N–H and O–H groups in total. The number of anilines is 1. The zero-order valence-corrected chi connectivity index (χ0v) is 14.6. The van der Waals surface area contributed by atoms with E-state index in [9.17, 15) is 14.9 Å². The molecule has 3 aromatic carbocycles. The number of non-ortho nitro benzene ring substituents is 1. The Hall–Kier alpha value is -2.99. The van der Waals surface area contributed by atoms with Gasteiger partial charge < -0.3 is 5.32 Å². The maximum absolute atomic E-state index is 12.2. The van der Waals surface area contributed by atoms with Crippen LogP contribution in [-0.4, -0.2) is 10.8 Å². The lowest BCUT2D eigenvalue weighted by Crippen LogP contribution is -2.11. The first-order chi connectivity index (χ1) is 12.0. The molecule has 124 valence electrons. The molecule has 1 amide bonds. The molecule has 6 heteroatoms. The van der Waals surface area contributed by atoms with Crippen LogP contribution in [0.1, 0.15) is 10.4 Å². The molecule has 0 unspecified atom stereocenters. The molecular weight excluding hydrogens is 384 g/mol. The largest absolute Gasteiger partial charge is 0.322 e. The van der Waals surface area contributed by atoms with Crippen molar-refractivity contribution >= 4 is 33.2 Å². The summed E-state index contributed by atoms with van der Waals surface area (Å²) in [6, 6.07) is 20.8. The SMILES string of the molecule is O=C(Nc1ccc(-c2ccc([N+](=O)[O-])cc2)cc1)c1cccc(Br)c1. The number of carbonyl (C=O) groups is 1. The van der Waals surface area contributed by atoms with Gasteiger partial charge >= 0.3 is 0 Å². The first-order valence-electron chi connectivity index (χ1n) is 7.45. The quantitative estimate of drug-likeness (QED) is 0.481. The molecule has 0 aliphatic heterocycles. The molecule has 3 rings (SSSR count). The number of hydrogen-bond donors (Lipinski definition) is 1. The van der Waals surface area contributed by atoms with Gasteiger partial charge in [-0.3, -0.25) is 14.9 Å². The molecule has 0 radical (unpaired) electrons. The number of hydrogen-bond acceptors (Lipinski definition) is 3. The van der Waals surface area contributed by atoms with E-state index in [0.29, 0.717) is 11.3 Å². The van der Waals surface area contributed by atoms with Crippen molar-refractivity contribution in [2.24, 2.45) is 0 Å². The Labute approximate surface area is 152 Å². The summed E-state index contributed by atoms with van der Waals surface area (Å²) in [6.07, 6.45) is 0. The third kappa shape index (κ3) is 4.10. The fraction of sp³-hybridized carbons (Fsp3) is 0. The van der Waals surface area contributed by atoms with Crippen LogP contribution in [-0.2, 0) is 0 Å². The van der Waals surface area contributed by atoms with Gasteiger partial charge in [-0.05, 0) is 53.6 Å². The normalized spacial score (nSPS) is 10.3. The summed E-state index contributed by atoms with van der Waals surface area (Å²) < 4.78 is 0.841. The fourth-order valence-electron chi connectivity index (χ4n) is 2.35. The summed E-state index contributed by atoms with van der Waals surface area (Å²) in [5.41, 5.74) is 3.08. The molecule has 3 aromatic rings. The van der Waals surface area contributed by atoms with Crippen LogP contribution in [0.15, 0.2) is 77.3 Å². The second-order valence-electron chi connectivity index (χ2n) is 5.35. The van der Waals surface area contributed by atoms with Gasteiger partial charge in [0.25, 0.3) is 11.6 Å². The van der Waals surface area contributed by atoms with Crippen molar-refractivity contribution < 1.29 is 9.72 Å². The van der Waals surface area contributed by atoms with E-state index >= 15 is 0 Å². The number of nitrogens with one attached hydrogen (secondary N) is 1. The molecule has 25 heavy (non-hydrogen) atoms. The minimum absolute atomic E-state index is 0.0571. The number of benzene rings is 3. The molecule has 0 aliphatic rings. The predicted molar refractivity (Wildman–Crippen MR) is 101 cm³/mol. The maximum atomic E-state index is 12.2. The van der Waals surface area contributed by atoms with Crippen molar-refractivity contribution in [3.8, 4) is 11.1 Å². The van der Waals surface area contributed by atoms with E-state index in [-0.39, 0.29) is 11.6 Å². The van der Waals surface area contributed by atoms with E-state index in [4.69, 9.17) is 0 Å². The summed E-state index contributed by atoms with van der Waals surface area (Å²) in [7, 11) is 0. The van der Waals surface area contributed by atoms with Crippen LogP contribution in [0.2, 0.25) is 0 Å². The standard InChI is InChI=1S/C19H13BrN2O3/c20-16-3-1-2-15(12-16)19(23)21-17-8-4-13(5-9-17)14-6-10-18(11-7-14)22(24)25/h1-12H,(H,21,23). The summed E-state index contributed by atoms with van der Waals surface area (Å²) >= 11 is 3.34. The van der Waals surface area contributed by atoms with Gasteiger partial charge in [-0.2, -0.15) is 0 Å². The molecule has 0 spiro atoms. The maximum Gasteiger partial charge on any atom is 0.269 e. The first kappa shape index (κ1) is 16.9. The van der Waals surface area contributed by atoms with Crippen molar-refractivity contribution in [2.45, 2.75) is 0 Å². The summed E-state index contributed by atoms with van der Waals surface area (Å²) in [5.74, 6) is -0.190. The van der Waals surface area contributed by atoms with Gasteiger partial charge in [-0.15, -0.1) is 0 Å². The van der Waals surface area contributed by atoms with Crippen LogP contribution in [0.25, 0.3) is 11.1 Å². The highest BCUT2D eigenvalue weighted by Crippen LogP contribution is 2.24. The summed E-state index contributed by atoms with van der Waals surface area (Å²) in [6.45, 7) is 0. The highest BCUT2D eigenvalue weighted by molar-refractivity contribution is 9.10. The third-order valence-electron chi connectivity index (χ3n) is 3.64. The second-order valence-corrected chi connectivity index (χ2v) is 6.26. The zero-order valence-electron chi connectivity index (χ0n) is 13.0. The van der Waals surface area contributed by atoms with Crippen molar-refractivity contribution in [1.82, 2.24) is 0 Å². The molecule has 0 saturated heterocycles. The lowest BCUT2D eigenvalue weighted by atomic mass is 10.0.